The zero-order chi connectivity index (χ0) is 22.0. The summed E-state index contributed by atoms with van der Waals surface area (Å²) in [6.45, 7) is 6.10. The minimum absolute atomic E-state index is 0.144. The monoisotopic (exact) mass is 488 g/mol. The maximum Gasteiger partial charge on any atom is 0.274 e. The Morgan fingerprint density at radius 3 is 3.16 bits per heavy atom. The average molecular weight is 489 g/mol. The van der Waals surface area contributed by atoms with Crippen molar-refractivity contribution in [1.82, 2.24) is 34.8 Å². The van der Waals surface area contributed by atoms with Crippen molar-refractivity contribution in [2.24, 2.45) is 7.05 Å². The van der Waals surface area contributed by atoms with Gasteiger partial charge in [-0.15, -0.1) is 0 Å². The molecule has 1 amide bonds. The minimum atomic E-state index is -0.144. The van der Waals surface area contributed by atoms with E-state index in [1.807, 2.05) is 0 Å². The Hall–Kier alpha value is -2.79. The quantitative estimate of drug-likeness (QED) is 0.484. The molecule has 0 radical (unpaired) electrons. The lowest BCUT2D eigenvalue weighted by Gasteiger charge is -2.25. The topological polar surface area (TPSA) is 105 Å². The molecular formula is C20H25BrN8O2. The summed E-state index contributed by atoms with van der Waals surface area (Å²) >= 11 is 3.43. The van der Waals surface area contributed by atoms with E-state index >= 15 is 0 Å². The highest BCUT2D eigenvalue weighted by Gasteiger charge is 2.27. The molecule has 4 heterocycles. The van der Waals surface area contributed by atoms with Crippen molar-refractivity contribution in [2.45, 2.75) is 18.9 Å². The van der Waals surface area contributed by atoms with Gasteiger partial charge in [0.25, 0.3) is 5.91 Å². The molecular weight excluding hydrogens is 464 g/mol. The molecule has 1 aliphatic heterocycles. The van der Waals surface area contributed by atoms with Crippen molar-refractivity contribution in [2.75, 3.05) is 38.3 Å². The summed E-state index contributed by atoms with van der Waals surface area (Å²) < 4.78 is 8.28. The van der Waals surface area contributed by atoms with Gasteiger partial charge in [-0.05, 0) is 28.8 Å². The molecule has 0 bridgehead atoms. The number of aromatic amines is 1. The van der Waals surface area contributed by atoms with Crippen LogP contribution >= 0.6 is 15.9 Å². The molecule has 0 aliphatic carbocycles. The summed E-state index contributed by atoms with van der Waals surface area (Å²) in [4.78, 5) is 25.6. The van der Waals surface area contributed by atoms with Crippen molar-refractivity contribution < 1.29 is 9.53 Å². The van der Waals surface area contributed by atoms with Crippen LogP contribution in [0.15, 0.2) is 23.6 Å². The summed E-state index contributed by atoms with van der Waals surface area (Å²) in [6, 6.07) is 0.201. The molecule has 0 spiro atoms. The van der Waals surface area contributed by atoms with Crippen LogP contribution in [-0.4, -0.2) is 80.1 Å². The van der Waals surface area contributed by atoms with Crippen molar-refractivity contribution in [1.29, 1.82) is 0 Å². The highest BCUT2D eigenvalue weighted by molar-refractivity contribution is 9.10. The van der Waals surface area contributed by atoms with Gasteiger partial charge in [0, 0.05) is 38.9 Å². The Kier molecular flexibility index (Phi) is 6.33. The van der Waals surface area contributed by atoms with Crippen LogP contribution in [0.5, 0.6) is 0 Å². The molecule has 3 aromatic heterocycles. The normalized spacial score (nSPS) is 16.2. The third-order valence-corrected chi connectivity index (χ3v) is 5.93. The number of rotatable bonds is 8. The molecule has 164 valence electrons. The second kappa shape index (κ2) is 9.15. The predicted octanol–water partition coefficient (Wildman–Crippen LogP) is 2.25. The number of carbonyl (C=O) groups excluding carboxylic acids is 1. The minimum Gasteiger partial charge on any atom is -0.377 e. The number of likely N-dealkylation sites (N-methyl/N-ethyl adjacent to an activating group) is 1. The van der Waals surface area contributed by atoms with E-state index in [-0.39, 0.29) is 11.9 Å². The smallest absolute Gasteiger partial charge is 0.274 e. The van der Waals surface area contributed by atoms with Gasteiger partial charge in [0.2, 0.25) is 5.95 Å². The number of halogens is 1. The summed E-state index contributed by atoms with van der Waals surface area (Å²) in [5, 5.41) is 11.3. The molecule has 10 nitrogen and oxygen atoms in total. The Balaban J connectivity index is 1.31. The summed E-state index contributed by atoms with van der Waals surface area (Å²) in [7, 11) is 3.54. The Labute approximate surface area is 188 Å². The van der Waals surface area contributed by atoms with E-state index in [4.69, 9.17) is 4.74 Å². The van der Waals surface area contributed by atoms with Gasteiger partial charge in [0.15, 0.2) is 5.69 Å². The Morgan fingerprint density at radius 1 is 1.52 bits per heavy atom. The van der Waals surface area contributed by atoms with Gasteiger partial charge in [0.05, 0.1) is 25.5 Å². The second-order valence-electron chi connectivity index (χ2n) is 7.54. The van der Waals surface area contributed by atoms with Crippen molar-refractivity contribution >= 4 is 44.9 Å². The van der Waals surface area contributed by atoms with E-state index in [0.717, 1.165) is 40.6 Å². The van der Waals surface area contributed by atoms with Crippen molar-refractivity contribution in [3.63, 3.8) is 0 Å². The first-order valence-corrected chi connectivity index (χ1v) is 10.9. The average Bonchev–Trinajstić information content (AvgIpc) is 3.49. The van der Waals surface area contributed by atoms with Gasteiger partial charge >= 0.3 is 0 Å². The third-order valence-electron chi connectivity index (χ3n) is 5.38. The molecule has 1 atom stereocenters. The molecule has 3 aromatic rings. The van der Waals surface area contributed by atoms with Crippen LogP contribution in [0.1, 0.15) is 28.9 Å². The first kappa shape index (κ1) is 21.4. The number of anilines is 1. The van der Waals surface area contributed by atoms with Gasteiger partial charge < -0.3 is 14.5 Å². The molecule has 0 aromatic carbocycles. The fraction of sp³-hybridized carbons (Fsp3) is 0.450. The van der Waals surface area contributed by atoms with Crippen LogP contribution in [-0.2, 0) is 11.8 Å². The number of nitrogens with one attached hydrogen (secondary N) is 1. The standard InChI is InChI=1S/C20H25BrN8O2/c1-4-13-11-28(3)26-16(13)19(30)27(2)8-9-31-12-14-6-5-7-29(14)20-22-10-15-17(23-20)18(21)25-24-15/h4,10-11,14H,1,5-9,12H2,2-3H3,(H,24,25)/t14-/m0/s1. The number of aryl methyl sites for hydroxylation is 1. The lowest BCUT2D eigenvalue weighted by Crippen LogP contribution is -2.36. The number of aromatic nitrogens is 6. The molecule has 1 saturated heterocycles. The zero-order valence-electron chi connectivity index (χ0n) is 17.6. The van der Waals surface area contributed by atoms with E-state index in [0.29, 0.717) is 31.4 Å². The van der Waals surface area contributed by atoms with Gasteiger partial charge in [-0.3, -0.25) is 14.6 Å². The van der Waals surface area contributed by atoms with Crippen LogP contribution in [0.4, 0.5) is 5.95 Å². The molecule has 1 aliphatic rings. The lowest BCUT2D eigenvalue weighted by molar-refractivity contribution is 0.0671. The number of fused-ring (bicyclic) bond motifs is 1. The predicted molar refractivity (Wildman–Crippen MR) is 121 cm³/mol. The summed E-state index contributed by atoms with van der Waals surface area (Å²) in [5.74, 6) is 0.536. The number of amides is 1. The van der Waals surface area contributed by atoms with Crippen LogP contribution in [0, 0.1) is 0 Å². The second-order valence-corrected chi connectivity index (χ2v) is 8.34. The van der Waals surface area contributed by atoms with Gasteiger partial charge in [-0.25, -0.2) is 9.97 Å². The number of carbonyl (C=O) groups is 1. The maximum absolute atomic E-state index is 12.6. The van der Waals surface area contributed by atoms with Crippen LogP contribution in [0.25, 0.3) is 17.1 Å². The number of nitrogens with zero attached hydrogens (tertiary/aromatic N) is 7. The zero-order valence-corrected chi connectivity index (χ0v) is 19.2. The molecule has 0 unspecified atom stereocenters. The first-order valence-electron chi connectivity index (χ1n) is 10.1. The van der Waals surface area contributed by atoms with Crippen molar-refractivity contribution in [3.8, 4) is 0 Å². The van der Waals surface area contributed by atoms with Crippen LogP contribution < -0.4 is 4.90 Å². The highest BCUT2D eigenvalue weighted by Crippen LogP contribution is 2.26. The number of hydrogen-bond donors (Lipinski definition) is 1. The summed E-state index contributed by atoms with van der Waals surface area (Å²) in [6.07, 6.45) is 7.22. The maximum atomic E-state index is 12.6. The van der Waals surface area contributed by atoms with E-state index in [9.17, 15) is 4.79 Å². The van der Waals surface area contributed by atoms with E-state index in [2.05, 4.69) is 52.7 Å². The van der Waals surface area contributed by atoms with Gasteiger partial charge in [-0.1, -0.05) is 12.7 Å². The largest absolute Gasteiger partial charge is 0.377 e. The lowest BCUT2D eigenvalue weighted by atomic mass is 10.2. The van der Waals surface area contributed by atoms with E-state index < -0.39 is 0 Å². The molecule has 11 heteroatoms. The number of hydrogen-bond acceptors (Lipinski definition) is 7. The van der Waals surface area contributed by atoms with Crippen molar-refractivity contribution in [3.05, 3.63) is 34.8 Å². The number of H-pyrrole nitrogens is 1. The molecule has 4 rings (SSSR count). The molecule has 1 fully saturated rings. The SMILES string of the molecule is C=Cc1cn(C)nc1C(=O)N(C)CCOC[C@@H]1CCCN1c1ncc2n[nH]c(Br)c2n1. The molecule has 1 N–H and O–H groups in total. The van der Waals surface area contributed by atoms with E-state index in [1.165, 1.54) is 0 Å². The van der Waals surface area contributed by atoms with Crippen LogP contribution in [0.3, 0.4) is 0 Å². The number of ether oxygens (including phenoxy) is 1. The van der Waals surface area contributed by atoms with Crippen LogP contribution in [0.2, 0.25) is 0 Å². The fourth-order valence-electron chi connectivity index (χ4n) is 3.71. The van der Waals surface area contributed by atoms with E-state index in [1.54, 1.807) is 42.1 Å². The highest BCUT2D eigenvalue weighted by atomic mass is 79.9. The third kappa shape index (κ3) is 4.47. The Bertz CT molecular complexity index is 1090. The molecule has 0 saturated carbocycles. The molecule has 31 heavy (non-hydrogen) atoms. The summed E-state index contributed by atoms with van der Waals surface area (Å²) in [5.41, 5.74) is 2.62. The first-order chi connectivity index (χ1) is 15.0. The Morgan fingerprint density at radius 2 is 2.35 bits per heavy atom. The van der Waals surface area contributed by atoms with Gasteiger partial charge in [0.1, 0.15) is 15.6 Å². The fourth-order valence-corrected chi connectivity index (χ4v) is 4.09. The van der Waals surface area contributed by atoms with Gasteiger partial charge in [-0.2, -0.15) is 10.2 Å².